The SMILES string of the molecule is CN1CCCC1CNCc1ccccn1.Cl. The van der Waals surface area contributed by atoms with Gasteiger partial charge >= 0.3 is 0 Å². The molecule has 1 unspecified atom stereocenters. The van der Waals surface area contributed by atoms with E-state index in [1.807, 2.05) is 18.3 Å². The van der Waals surface area contributed by atoms with E-state index in [0.29, 0.717) is 6.04 Å². The van der Waals surface area contributed by atoms with Crippen LogP contribution in [0.2, 0.25) is 0 Å². The highest BCUT2D eigenvalue weighted by atomic mass is 35.5. The largest absolute Gasteiger partial charge is 0.310 e. The van der Waals surface area contributed by atoms with Crippen molar-refractivity contribution in [2.45, 2.75) is 25.4 Å². The number of likely N-dealkylation sites (tertiary alicyclic amines) is 1. The van der Waals surface area contributed by atoms with Crippen LogP contribution < -0.4 is 5.32 Å². The van der Waals surface area contributed by atoms with Crippen molar-refractivity contribution in [3.8, 4) is 0 Å². The van der Waals surface area contributed by atoms with Gasteiger partial charge in [-0.05, 0) is 38.6 Å². The van der Waals surface area contributed by atoms with Gasteiger partial charge in [-0.25, -0.2) is 0 Å². The second-order valence-electron chi connectivity index (χ2n) is 4.23. The fraction of sp³-hybridized carbons (Fsp3) is 0.583. The predicted octanol–water partition coefficient (Wildman–Crippen LogP) is 1.69. The first kappa shape index (κ1) is 13.4. The third-order valence-corrected chi connectivity index (χ3v) is 3.08. The molecular weight excluding hydrogens is 222 g/mol. The molecule has 1 aromatic rings. The number of rotatable bonds is 4. The van der Waals surface area contributed by atoms with Crippen LogP contribution in [0, 0.1) is 0 Å². The molecule has 1 atom stereocenters. The number of hydrogen-bond donors (Lipinski definition) is 1. The Morgan fingerprint density at radius 3 is 3.00 bits per heavy atom. The molecule has 0 bridgehead atoms. The normalized spacial score (nSPS) is 20.7. The van der Waals surface area contributed by atoms with Gasteiger partial charge in [0.05, 0.1) is 5.69 Å². The minimum atomic E-state index is 0. The van der Waals surface area contributed by atoms with Gasteiger partial charge in [0.15, 0.2) is 0 Å². The summed E-state index contributed by atoms with van der Waals surface area (Å²) in [6, 6.07) is 6.76. The van der Waals surface area contributed by atoms with Crippen molar-refractivity contribution in [2.24, 2.45) is 0 Å². The van der Waals surface area contributed by atoms with E-state index >= 15 is 0 Å². The average Bonchev–Trinajstić information content (AvgIpc) is 2.66. The maximum Gasteiger partial charge on any atom is 0.0541 e. The van der Waals surface area contributed by atoms with Gasteiger partial charge in [0, 0.05) is 25.3 Å². The highest BCUT2D eigenvalue weighted by molar-refractivity contribution is 5.85. The summed E-state index contributed by atoms with van der Waals surface area (Å²) >= 11 is 0. The Morgan fingerprint density at radius 1 is 1.50 bits per heavy atom. The van der Waals surface area contributed by atoms with Crippen molar-refractivity contribution < 1.29 is 0 Å². The molecule has 1 saturated heterocycles. The molecule has 1 fully saturated rings. The summed E-state index contributed by atoms with van der Waals surface area (Å²) in [4.78, 5) is 6.72. The van der Waals surface area contributed by atoms with E-state index in [1.54, 1.807) is 0 Å². The molecule has 0 spiro atoms. The molecule has 1 aromatic heterocycles. The number of nitrogens with zero attached hydrogens (tertiary/aromatic N) is 2. The molecule has 0 aromatic carbocycles. The van der Waals surface area contributed by atoms with Gasteiger partial charge < -0.3 is 10.2 Å². The first-order valence-electron chi connectivity index (χ1n) is 5.67. The van der Waals surface area contributed by atoms with Crippen LogP contribution in [-0.2, 0) is 6.54 Å². The molecule has 0 saturated carbocycles. The Labute approximate surface area is 104 Å². The van der Waals surface area contributed by atoms with E-state index < -0.39 is 0 Å². The van der Waals surface area contributed by atoms with Crippen molar-refractivity contribution >= 4 is 12.4 Å². The lowest BCUT2D eigenvalue weighted by atomic mass is 10.2. The number of halogens is 1. The molecule has 1 N–H and O–H groups in total. The van der Waals surface area contributed by atoms with Crippen molar-refractivity contribution in [1.29, 1.82) is 0 Å². The van der Waals surface area contributed by atoms with E-state index in [1.165, 1.54) is 19.4 Å². The standard InChI is InChI=1S/C12H19N3.ClH/c1-15-8-4-6-12(15)10-13-9-11-5-2-3-7-14-11;/h2-3,5,7,12-13H,4,6,8-10H2,1H3;1H. The van der Waals surface area contributed by atoms with E-state index in [2.05, 4.69) is 28.3 Å². The van der Waals surface area contributed by atoms with Crippen LogP contribution >= 0.6 is 12.4 Å². The van der Waals surface area contributed by atoms with Crippen molar-refractivity contribution in [1.82, 2.24) is 15.2 Å². The molecule has 2 rings (SSSR count). The highest BCUT2D eigenvalue weighted by Crippen LogP contribution is 2.13. The lowest BCUT2D eigenvalue weighted by Crippen LogP contribution is -2.35. The quantitative estimate of drug-likeness (QED) is 0.870. The monoisotopic (exact) mass is 241 g/mol. The van der Waals surface area contributed by atoms with Crippen LogP contribution in [0.4, 0.5) is 0 Å². The summed E-state index contributed by atoms with van der Waals surface area (Å²) in [5.41, 5.74) is 1.12. The second kappa shape index (κ2) is 6.84. The van der Waals surface area contributed by atoms with Gasteiger partial charge in [-0.2, -0.15) is 0 Å². The van der Waals surface area contributed by atoms with E-state index in [4.69, 9.17) is 0 Å². The molecule has 90 valence electrons. The maximum atomic E-state index is 4.29. The number of nitrogens with one attached hydrogen (secondary N) is 1. The molecule has 1 aliphatic heterocycles. The zero-order valence-corrected chi connectivity index (χ0v) is 10.5. The van der Waals surface area contributed by atoms with Crippen LogP contribution in [0.25, 0.3) is 0 Å². The number of aromatic nitrogens is 1. The summed E-state index contributed by atoms with van der Waals surface area (Å²) in [6.07, 6.45) is 4.51. The number of likely N-dealkylation sites (N-methyl/N-ethyl adjacent to an activating group) is 1. The average molecular weight is 242 g/mol. The highest BCUT2D eigenvalue weighted by Gasteiger charge is 2.19. The molecule has 0 aliphatic carbocycles. The van der Waals surface area contributed by atoms with E-state index in [9.17, 15) is 0 Å². The molecule has 0 radical (unpaired) electrons. The molecule has 3 nitrogen and oxygen atoms in total. The van der Waals surface area contributed by atoms with Gasteiger partial charge in [0.2, 0.25) is 0 Å². The fourth-order valence-electron chi connectivity index (χ4n) is 2.11. The third kappa shape index (κ3) is 3.74. The first-order valence-corrected chi connectivity index (χ1v) is 5.67. The predicted molar refractivity (Wildman–Crippen MR) is 68.8 cm³/mol. The van der Waals surface area contributed by atoms with Gasteiger partial charge in [-0.3, -0.25) is 4.98 Å². The Morgan fingerprint density at radius 2 is 2.38 bits per heavy atom. The topological polar surface area (TPSA) is 28.2 Å². The Kier molecular flexibility index (Phi) is 5.74. The van der Waals surface area contributed by atoms with Crippen molar-refractivity contribution in [3.63, 3.8) is 0 Å². The minimum Gasteiger partial charge on any atom is -0.310 e. The zero-order chi connectivity index (χ0) is 10.5. The Hall–Kier alpha value is -0.640. The Balaban J connectivity index is 0.00000128. The summed E-state index contributed by atoms with van der Waals surface area (Å²) in [7, 11) is 2.21. The van der Waals surface area contributed by atoms with Crippen LogP contribution in [0.5, 0.6) is 0 Å². The molecule has 0 amide bonds. The Bertz CT molecular complexity index is 292. The van der Waals surface area contributed by atoms with Crippen LogP contribution in [-0.4, -0.2) is 36.1 Å². The van der Waals surface area contributed by atoms with Crippen LogP contribution in [0.15, 0.2) is 24.4 Å². The molecular formula is C12H20ClN3. The third-order valence-electron chi connectivity index (χ3n) is 3.08. The molecule has 4 heteroatoms. The van der Waals surface area contributed by atoms with E-state index in [-0.39, 0.29) is 12.4 Å². The number of pyridine rings is 1. The fourth-order valence-corrected chi connectivity index (χ4v) is 2.11. The van der Waals surface area contributed by atoms with Gasteiger partial charge in [0.1, 0.15) is 0 Å². The zero-order valence-electron chi connectivity index (χ0n) is 9.72. The second-order valence-corrected chi connectivity index (χ2v) is 4.23. The summed E-state index contributed by atoms with van der Waals surface area (Å²) in [5.74, 6) is 0. The van der Waals surface area contributed by atoms with Crippen LogP contribution in [0.3, 0.4) is 0 Å². The lowest BCUT2D eigenvalue weighted by Gasteiger charge is -2.19. The van der Waals surface area contributed by atoms with Crippen molar-refractivity contribution in [2.75, 3.05) is 20.1 Å². The first-order chi connectivity index (χ1) is 7.36. The summed E-state index contributed by atoms with van der Waals surface area (Å²) < 4.78 is 0. The summed E-state index contributed by atoms with van der Waals surface area (Å²) in [5, 5.41) is 3.47. The molecule has 1 aliphatic rings. The van der Waals surface area contributed by atoms with E-state index in [0.717, 1.165) is 18.8 Å². The van der Waals surface area contributed by atoms with Gasteiger partial charge in [0.25, 0.3) is 0 Å². The summed E-state index contributed by atoms with van der Waals surface area (Å²) in [6.45, 7) is 3.20. The maximum absolute atomic E-state index is 4.29. The van der Waals surface area contributed by atoms with Gasteiger partial charge in [-0.1, -0.05) is 6.07 Å². The molecule has 2 heterocycles. The smallest absolute Gasteiger partial charge is 0.0541 e. The lowest BCUT2D eigenvalue weighted by molar-refractivity contribution is 0.300. The van der Waals surface area contributed by atoms with Crippen molar-refractivity contribution in [3.05, 3.63) is 30.1 Å². The minimum absolute atomic E-state index is 0. The van der Waals surface area contributed by atoms with Gasteiger partial charge in [-0.15, -0.1) is 12.4 Å². The van der Waals surface area contributed by atoms with Crippen LogP contribution in [0.1, 0.15) is 18.5 Å². The molecule has 16 heavy (non-hydrogen) atoms. The number of hydrogen-bond acceptors (Lipinski definition) is 3.